The number of para-hydroxylation sites is 1. The van der Waals surface area contributed by atoms with E-state index in [2.05, 4.69) is 15.6 Å². The third kappa shape index (κ3) is 5.53. The SMILES string of the molecule is Cl.N#Cc1ccc(Cn2cncc2CCCC2CCCN(c3ccccc3)C2=O)cc1. The van der Waals surface area contributed by atoms with Crippen LogP contribution in [0.1, 0.15) is 42.5 Å². The van der Waals surface area contributed by atoms with Gasteiger partial charge in [0.25, 0.3) is 0 Å². The van der Waals surface area contributed by atoms with Crippen LogP contribution in [0.3, 0.4) is 0 Å². The summed E-state index contributed by atoms with van der Waals surface area (Å²) < 4.78 is 2.15. The summed E-state index contributed by atoms with van der Waals surface area (Å²) >= 11 is 0. The lowest BCUT2D eigenvalue weighted by Crippen LogP contribution is -2.41. The molecule has 0 radical (unpaired) electrons. The summed E-state index contributed by atoms with van der Waals surface area (Å²) in [6.45, 7) is 1.56. The van der Waals surface area contributed by atoms with E-state index in [1.54, 1.807) is 0 Å². The van der Waals surface area contributed by atoms with E-state index in [4.69, 9.17) is 5.26 Å². The van der Waals surface area contributed by atoms with Crippen molar-refractivity contribution in [2.75, 3.05) is 11.4 Å². The quantitative estimate of drug-likeness (QED) is 0.526. The molecule has 1 aromatic heterocycles. The number of nitrogens with zero attached hydrogens (tertiary/aromatic N) is 4. The molecule has 31 heavy (non-hydrogen) atoms. The largest absolute Gasteiger partial charge is 0.330 e. The second-order valence-electron chi connectivity index (χ2n) is 7.88. The molecule has 1 amide bonds. The van der Waals surface area contributed by atoms with Crippen molar-refractivity contribution in [2.24, 2.45) is 5.92 Å². The average molecular weight is 435 g/mol. The summed E-state index contributed by atoms with van der Waals surface area (Å²) in [5.41, 5.74) is 4.01. The molecule has 1 atom stereocenters. The van der Waals surface area contributed by atoms with Gasteiger partial charge in [0.2, 0.25) is 5.91 Å². The first-order chi connectivity index (χ1) is 14.7. The number of aryl methyl sites for hydroxylation is 1. The van der Waals surface area contributed by atoms with Crippen LogP contribution in [-0.2, 0) is 17.8 Å². The molecule has 2 heterocycles. The van der Waals surface area contributed by atoms with Crippen LogP contribution in [0.5, 0.6) is 0 Å². The van der Waals surface area contributed by atoms with Gasteiger partial charge >= 0.3 is 0 Å². The highest BCUT2D eigenvalue weighted by Crippen LogP contribution is 2.27. The van der Waals surface area contributed by atoms with Crippen LogP contribution in [0.25, 0.3) is 0 Å². The van der Waals surface area contributed by atoms with E-state index in [9.17, 15) is 4.79 Å². The number of hydrogen-bond donors (Lipinski definition) is 0. The Bertz CT molecular complexity index is 1020. The molecule has 0 bridgehead atoms. The lowest BCUT2D eigenvalue weighted by molar-refractivity contribution is -0.124. The maximum atomic E-state index is 13.0. The maximum absolute atomic E-state index is 13.0. The van der Waals surface area contributed by atoms with Crippen molar-refractivity contribution in [3.8, 4) is 6.07 Å². The molecule has 3 aromatic rings. The molecule has 0 aliphatic carbocycles. The fraction of sp³-hybridized carbons (Fsp3) is 0.320. The predicted molar refractivity (Wildman–Crippen MR) is 124 cm³/mol. The number of rotatable bonds is 7. The van der Waals surface area contributed by atoms with Crippen molar-refractivity contribution in [1.82, 2.24) is 9.55 Å². The molecule has 1 fully saturated rings. The van der Waals surface area contributed by atoms with Crippen molar-refractivity contribution in [3.63, 3.8) is 0 Å². The number of carbonyl (C=O) groups excluding carboxylic acids is 1. The number of carbonyl (C=O) groups is 1. The number of aromatic nitrogens is 2. The lowest BCUT2D eigenvalue weighted by atomic mass is 9.91. The normalized spacial score (nSPS) is 15.9. The van der Waals surface area contributed by atoms with Crippen molar-refractivity contribution in [2.45, 2.75) is 38.6 Å². The van der Waals surface area contributed by atoms with E-state index in [1.165, 1.54) is 5.69 Å². The number of nitriles is 1. The Labute approximate surface area is 189 Å². The highest BCUT2D eigenvalue weighted by Gasteiger charge is 2.29. The van der Waals surface area contributed by atoms with Gasteiger partial charge in [0.1, 0.15) is 0 Å². The summed E-state index contributed by atoms with van der Waals surface area (Å²) in [6.07, 6.45) is 8.60. The number of benzene rings is 2. The molecular weight excluding hydrogens is 408 g/mol. The molecule has 0 spiro atoms. The zero-order valence-electron chi connectivity index (χ0n) is 17.5. The zero-order valence-corrected chi connectivity index (χ0v) is 18.3. The van der Waals surface area contributed by atoms with E-state index >= 15 is 0 Å². The fourth-order valence-electron chi connectivity index (χ4n) is 4.19. The number of imidazole rings is 1. The van der Waals surface area contributed by atoms with Gasteiger partial charge in [-0.2, -0.15) is 5.26 Å². The van der Waals surface area contributed by atoms with Crippen LogP contribution in [0.4, 0.5) is 5.69 Å². The monoisotopic (exact) mass is 434 g/mol. The first-order valence-corrected chi connectivity index (χ1v) is 10.6. The number of hydrogen-bond acceptors (Lipinski definition) is 3. The predicted octanol–water partition coefficient (Wildman–Crippen LogP) is 4.99. The molecule has 160 valence electrons. The summed E-state index contributed by atoms with van der Waals surface area (Å²) in [7, 11) is 0. The van der Waals surface area contributed by atoms with Crippen LogP contribution in [-0.4, -0.2) is 22.0 Å². The summed E-state index contributed by atoms with van der Waals surface area (Å²) in [5, 5.41) is 8.94. The molecular formula is C25H27ClN4O. The van der Waals surface area contributed by atoms with Crippen LogP contribution < -0.4 is 4.90 Å². The lowest BCUT2D eigenvalue weighted by Gasteiger charge is -2.32. The Kier molecular flexibility index (Phi) is 7.86. The molecule has 1 aliphatic rings. The van der Waals surface area contributed by atoms with Crippen LogP contribution >= 0.6 is 12.4 Å². The van der Waals surface area contributed by atoms with Crippen LogP contribution in [0.15, 0.2) is 67.1 Å². The highest BCUT2D eigenvalue weighted by molar-refractivity contribution is 5.95. The molecule has 2 aromatic carbocycles. The summed E-state index contributed by atoms with van der Waals surface area (Å²) in [4.78, 5) is 19.2. The third-order valence-electron chi connectivity index (χ3n) is 5.84. The van der Waals surface area contributed by atoms with E-state index < -0.39 is 0 Å². The van der Waals surface area contributed by atoms with E-state index in [0.717, 1.165) is 56.4 Å². The minimum Gasteiger partial charge on any atom is -0.330 e. The van der Waals surface area contributed by atoms with E-state index in [-0.39, 0.29) is 24.2 Å². The standard InChI is InChI=1S/C25H26N4O.ClH/c26-16-20-11-13-21(14-12-20)18-28-19-27-17-24(28)10-4-6-22-7-5-15-29(25(22)30)23-8-2-1-3-9-23;/h1-3,8-9,11-14,17,19,22H,4-7,10,15,18H2;1H. The van der Waals surface area contributed by atoms with Gasteiger partial charge in [0.05, 0.1) is 18.0 Å². The number of anilines is 1. The topological polar surface area (TPSA) is 61.9 Å². The van der Waals surface area contributed by atoms with E-state index in [1.807, 2.05) is 72.0 Å². The van der Waals surface area contributed by atoms with Gasteiger partial charge in [-0.3, -0.25) is 4.79 Å². The number of piperidine rings is 1. The molecule has 0 saturated carbocycles. The van der Waals surface area contributed by atoms with Gasteiger partial charge in [-0.25, -0.2) is 4.98 Å². The van der Waals surface area contributed by atoms with Gasteiger partial charge in [0, 0.05) is 36.6 Å². The molecule has 6 heteroatoms. The first-order valence-electron chi connectivity index (χ1n) is 10.6. The van der Waals surface area contributed by atoms with Crippen LogP contribution in [0.2, 0.25) is 0 Å². The molecule has 0 N–H and O–H groups in total. The Morgan fingerprint density at radius 1 is 1.10 bits per heavy atom. The van der Waals surface area contributed by atoms with Crippen molar-refractivity contribution in [3.05, 3.63) is 83.9 Å². The Morgan fingerprint density at radius 2 is 1.87 bits per heavy atom. The smallest absolute Gasteiger partial charge is 0.230 e. The van der Waals surface area contributed by atoms with Gasteiger partial charge in [0.15, 0.2) is 0 Å². The third-order valence-corrected chi connectivity index (χ3v) is 5.84. The minimum absolute atomic E-state index is 0. The number of halogens is 1. The molecule has 4 rings (SSSR count). The molecule has 5 nitrogen and oxygen atoms in total. The first kappa shape index (κ1) is 22.6. The Balaban J connectivity index is 0.00000272. The van der Waals surface area contributed by atoms with Crippen LogP contribution in [0, 0.1) is 17.2 Å². The summed E-state index contributed by atoms with van der Waals surface area (Å²) in [5.74, 6) is 0.368. The van der Waals surface area contributed by atoms with Gasteiger partial charge < -0.3 is 9.47 Å². The van der Waals surface area contributed by atoms with Crippen molar-refractivity contribution < 1.29 is 4.79 Å². The minimum atomic E-state index is 0. The summed E-state index contributed by atoms with van der Waals surface area (Å²) in [6, 6.07) is 19.8. The number of amides is 1. The van der Waals surface area contributed by atoms with Gasteiger partial charge in [-0.05, 0) is 61.9 Å². The highest BCUT2D eigenvalue weighted by atomic mass is 35.5. The van der Waals surface area contributed by atoms with Crippen molar-refractivity contribution in [1.29, 1.82) is 5.26 Å². The second-order valence-corrected chi connectivity index (χ2v) is 7.88. The molecule has 1 saturated heterocycles. The molecule has 1 unspecified atom stereocenters. The average Bonchev–Trinajstić information content (AvgIpc) is 3.23. The zero-order chi connectivity index (χ0) is 20.8. The Morgan fingerprint density at radius 3 is 2.61 bits per heavy atom. The van der Waals surface area contributed by atoms with Gasteiger partial charge in [-0.1, -0.05) is 30.3 Å². The second kappa shape index (κ2) is 10.8. The van der Waals surface area contributed by atoms with Gasteiger partial charge in [-0.15, -0.1) is 12.4 Å². The fourth-order valence-corrected chi connectivity index (χ4v) is 4.19. The van der Waals surface area contributed by atoms with Crippen molar-refractivity contribution >= 4 is 24.0 Å². The Hall–Kier alpha value is -3.10. The maximum Gasteiger partial charge on any atom is 0.230 e. The molecule has 1 aliphatic heterocycles. The van der Waals surface area contributed by atoms with E-state index in [0.29, 0.717) is 5.56 Å².